The first kappa shape index (κ1) is 16.4. The van der Waals surface area contributed by atoms with E-state index in [0.717, 1.165) is 23.8 Å². The normalized spacial score (nSPS) is 11.0. The largest absolute Gasteiger partial charge is 0.478 e. The van der Waals surface area contributed by atoms with Crippen LogP contribution in [-0.4, -0.2) is 24.4 Å². The Morgan fingerprint density at radius 3 is 2.30 bits per heavy atom. The van der Waals surface area contributed by atoms with Crippen LogP contribution in [0.3, 0.4) is 0 Å². The first-order valence-electron chi connectivity index (χ1n) is 6.32. The van der Waals surface area contributed by atoms with Crippen molar-refractivity contribution in [3.8, 4) is 0 Å². The SMILES string of the molecule is Cc1ccc(S(=O)(=O)Nc2cc([N+](=O)[O-])ccc2C(=O)O)cc1. The summed E-state index contributed by atoms with van der Waals surface area (Å²) < 4.78 is 26.7. The number of hydrogen-bond donors (Lipinski definition) is 2. The number of nitro groups is 1. The Labute approximate surface area is 131 Å². The first-order chi connectivity index (χ1) is 10.7. The van der Waals surface area contributed by atoms with E-state index in [0.29, 0.717) is 0 Å². The topological polar surface area (TPSA) is 127 Å². The first-order valence-corrected chi connectivity index (χ1v) is 7.80. The van der Waals surface area contributed by atoms with Gasteiger partial charge in [0.1, 0.15) is 0 Å². The van der Waals surface area contributed by atoms with E-state index in [4.69, 9.17) is 5.11 Å². The molecule has 2 rings (SSSR count). The second kappa shape index (κ2) is 6.05. The van der Waals surface area contributed by atoms with E-state index < -0.39 is 26.6 Å². The Kier molecular flexibility index (Phi) is 4.32. The monoisotopic (exact) mass is 336 g/mol. The Balaban J connectivity index is 2.48. The lowest BCUT2D eigenvalue weighted by atomic mass is 10.1. The minimum Gasteiger partial charge on any atom is -0.478 e. The van der Waals surface area contributed by atoms with Gasteiger partial charge in [-0.25, -0.2) is 13.2 Å². The summed E-state index contributed by atoms with van der Waals surface area (Å²) >= 11 is 0. The molecule has 120 valence electrons. The van der Waals surface area contributed by atoms with Crippen LogP contribution in [0.25, 0.3) is 0 Å². The van der Waals surface area contributed by atoms with Crippen molar-refractivity contribution < 1.29 is 23.2 Å². The van der Waals surface area contributed by atoms with Crippen molar-refractivity contribution in [2.24, 2.45) is 0 Å². The number of benzene rings is 2. The lowest BCUT2D eigenvalue weighted by Crippen LogP contribution is -2.15. The van der Waals surface area contributed by atoms with Crippen LogP contribution in [0.5, 0.6) is 0 Å². The molecule has 0 saturated carbocycles. The maximum Gasteiger partial charge on any atom is 0.337 e. The fourth-order valence-electron chi connectivity index (χ4n) is 1.84. The fraction of sp³-hybridized carbons (Fsp3) is 0.0714. The molecular formula is C14H12N2O6S. The van der Waals surface area contributed by atoms with Gasteiger partial charge in [0.15, 0.2) is 0 Å². The number of aryl methyl sites for hydroxylation is 1. The molecule has 0 unspecified atom stereocenters. The fourth-order valence-corrected chi connectivity index (χ4v) is 2.91. The molecule has 0 spiro atoms. The smallest absolute Gasteiger partial charge is 0.337 e. The number of sulfonamides is 1. The van der Waals surface area contributed by atoms with Crippen LogP contribution < -0.4 is 4.72 Å². The van der Waals surface area contributed by atoms with Gasteiger partial charge in [0, 0.05) is 12.1 Å². The van der Waals surface area contributed by atoms with Gasteiger partial charge in [-0.15, -0.1) is 0 Å². The number of hydrogen-bond acceptors (Lipinski definition) is 5. The van der Waals surface area contributed by atoms with Gasteiger partial charge < -0.3 is 5.11 Å². The van der Waals surface area contributed by atoms with Crippen LogP contribution in [0, 0.1) is 17.0 Å². The summed E-state index contributed by atoms with van der Waals surface area (Å²) in [5.41, 5.74) is -0.319. The number of nitro benzene ring substituents is 1. The standard InChI is InChI=1S/C14H12N2O6S/c1-9-2-5-11(6-3-9)23(21,22)15-13-8-10(16(19)20)4-7-12(13)14(17)18/h2-8,15H,1H3,(H,17,18). The number of non-ortho nitro benzene ring substituents is 1. The average molecular weight is 336 g/mol. The number of nitrogens with one attached hydrogen (secondary N) is 1. The molecule has 2 N–H and O–H groups in total. The molecule has 2 aromatic carbocycles. The highest BCUT2D eigenvalue weighted by Crippen LogP contribution is 2.25. The third-order valence-electron chi connectivity index (χ3n) is 3.02. The summed E-state index contributed by atoms with van der Waals surface area (Å²) in [7, 11) is -4.06. The quantitative estimate of drug-likeness (QED) is 0.637. The Morgan fingerprint density at radius 1 is 1.17 bits per heavy atom. The number of carboxylic acid groups (broad SMARTS) is 1. The molecule has 9 heteroatoms. The predicted molar refractivity (Wildman–Crippen MR) is 82.0 cm³/mol. The minimum atomic E-state index is -4.06. The van der Waals surface area contributed by atoms with E-state index >= 15 is 0 Å². The van der Waals surface area contributed by atoms with Crippen LogP contribution >= 0.6 is 0 Å². The number of nitrogens with zero attached hydrogens (tertiary/aromatic N) is 1. The van der Waals surface area contributed by atoms with Crippen molar-refractivity contribution in [1.29, 1.82) is 0 Å². The molecule has 0 aliphatic rings. The molecular weight excluding hydrogens is 324 g/mol. The van der Waals surface area contributed by atoms with E-state index in [1.165, 1.54) is 12.1 Å². The Morgan fingerprint density at radius 2 is 1.78 bits per heavy atom. The summed E-state index contributed by atoms with van der Waals surface area (Å²) in [6.45, 7) is 1.78. The van der Waals surface area contributed by atoms with Crippen molar-refractivity contribution in [3.05, 3.63) is 63.7 Å². The number of anilines is 1. The highest BCUT2D eigenvalue weighted by molar-refractivity contribution is 7.92. The number of aromatic carboxylic acids is 1. The van der Waals surface area contributed by atoms with Gasteiger partial charge in [-0.2, -0.15) is 0 Å². The van der Waals surface area contributed by atoms with Gasteiger partial charge in [-0.3, -0.25) is 14.8 Å². The zero-order chi connectivity index (χ0) is 17.2. The van der Waals surface area contributed by atoms with E-state index in [9.17, 15) is 23.3 Å². The van der Waals surface area contributed by atoms with Crippen molar-refractivity contribution in [2.75, 3.05) is 4.72 Å². The molecule has 0 atom stereocenters. The zero-order valence-corrected chi connectivity index (χ0v) is 12.7. The van der Waals surface area contributed by atoms with Gasteiger partial charge >= 0.3 is 5.97 Å². The molecule has 0 aliphatic heterocycles. The Hall–Kier alpha value is -2.94. The lowest BCUT2D eigenvalue weighted by Gasteiger charge is -2.10. The summed E-state index contributed by atoms with van der Waals surface area (Å²) in [6, 6.07) is 8.72. The summed E-state index contributed by atoms with van der Waals surface area (Å²) in [5.74, 6) is -1.40. The predicted octanol–water partition coefficient (Wildman–Crippen LogP) is 2.40. The molecule has 2 aromatic rings. The molecule has 23 heavy (non-hydrogen) atoms. The van der Waals surface area contributed by atoms with E-state index in [1.54, 1.807) is 19.1 Å². The summed E-state index contributed by atoms with van der Waals surface area (Å²) in [5, 5.41) is 19.9. The highest BCUT2D eigenvalue weighted by atomic mass is 32.2. The molecule has 0 radical (unpaired) electrons. The Bertz CT molecular complexity index is 875. The molecule has 0 saturated heterocycles. The van der Waals surface area contributed by atoms with Gasteiger partial charge in [0.25, 0.3) is 15.7 Å². The van der Waals surface area contributed by atoms with Gasteiger partial charge in [-0.1, -0.05) is 17.7 Å². The van der Waals surface area contributed by atoms with Crippen molar-refractivity contribution >= 4 is 27.4 Å². The maximum absolute atomic E-state index is 12.3. The molecule has 0 aromatic heterocycles. The number of carboxylic acids is 1. The minimum absolute atomic E-state index is 0.0778. The van der Waals surface area contributed by atoms with E-state index in [1.807, 2.05) is 0 Å². The maximum atomic E-state index is 12.3. The number of rotatable bonds is 5. The van der Waals surface area contributed by atoms with E-state index in [2.05, 4.69) is 4.72 Å². The molecule has 0 aliphatic carbocycles. The summed E-state index contributed by atoms with van der Waals surface area (Å²) in [6.07, 6.45) is 0. The van der Waals surface area contributed by atoms with Crippen molar-refractivity contribution in [2.45, 2.75) is 11.8 Å². The van der Waals surface area contributed by atoms with Crippen LogP contribution in [0.1, 0.15) is 15.9 Å². The third-order valence-corrected chi connectivity index (χ3v) is 4.40. The van der Waals surface area contributed by atoms with Crippen LogP contribution in [0.2, 0.25) is 0 Å². The van der Waals surface area contributed by atoms with E-state index in [-0.39, 0.29) is 16.1 Å². The number of carbonyl (C=O) groups is 1. The molecule has 8 nitrogen and oxygen atoms in total. The molecule has 0 heterocycles. The summed E-state index contributed by atoms with van der Waals surface area (Å²) in [4.78, 5) is 21.1. The third kappa shape index (κ3) is 3.64. The van der Waals surface area contributed by atoms with Gasteiger partial charge in [0.05, 0.1) is 21.1 Å². The molecule has 0 amide bonds. The van der Waals surface area contributed by atoms with Crippen molar-refractivity contribution in [3.63, 3.8) is 0 Å². The lowest BCUT2D eigenvalue weighted by molar-refractivity contribution is -0.384. The van der Waals surface area contributed by atoms with Crippen molar-refractivity contribution in [1.82, 2.24) is 0 Å². The van der Waals surface area contributed by atoms with Crippen LogP contribution in [0.15, 0.2) is 47.4 Å². The van der Waals surface area contributed by atoms with Crippen LogP contribution in [0.4, 0.5) is 11.4 Å². The second-order valence-corrected chi connectivity index (χ2v) is 6.39. The average Bonchev–Trinajstić information content (AvgIpc) is 2.46. The highest BCUT2D eigenvalue weighted by Gasteiger charge is 2.21. The molecule has 0 fully saturated rings. The molecule has 0 bridgehead atoms. The zero-order valence-electron chi connectivity index (χ0n) is 11.9. The second-order valence-electron chi connectivity index (χ2n) is 4.71. The van der Waals surface area contributed by atoms with Gasteiger partial charge in [-0.05, 0) is 25.1 Å². The van der Waals surface area contributed by atoms with Crippen LogP contribution in [-0.2, 0) is 10.0 Å². The van der Waals surface area contributed by atoms with Gasteiger partial charge in [0.2, 0.25) is 0 Å².